The summed E-state index contributed by atoms with van der Waals surface area (Å²) in [6, 6.07) is 0. The molecule has 0 aromatic rings. The monoisotopic (exact) mass is 147 g/mol. The van der Waals surface area contributed by atoms with Gasteiger partial charge >= 0.3 is 5.97 Å². The summed E-state index contributed by atoms with van der Waals surface area (Å²) in [7, 11) is 1.34. The molecule has 0 aliphatic heterocycles. The number of carbonyl (C=O) groups is 1. The van der Waals surface area contributed by atoms with Gasteiger partial charge in [0.1, 0.15) is 0 Å². The fourth-order valence-electron chi connectivity index (χ4n) is 0.467. The van der Waals surface area contributed by atoms with Gasteiger partial charge in [-0.2, -0.15) is 0 Å². The van der Waals surface area contributed by atoms with E-state index in [4.69, 9.17) is 5.11 Å². The van der Waals surface area contributed by atoms with Crippen molar-refractivity contribution < 1.29 is 14.6 Å². The smallest absolute Gasteiger partial charge is 0.319 e. The van der Waals surface area contributed by atoms with E-state index in [1.807, 2.05) is 0 Å². The molecule has 0 aromatic carbocycles. The number of hydrogen-bond acceptors (Lipinski definition) is 4. The van der Waals surface area contributed by atoms with E-state index in [0.717, 1.165) is 0 Å². The molecule has 0 saturated carbocycles. The van der Waals surface area contributed by atoms with E-state index in [1.54, 1.807) is 0 Å². The van der Waals surface area contributed by atoms with Crippen LogP contribution >= 0.6 is 0 Å². The SMILES string of the molecule is COC(=O)CNCCCO. The Labute approximate surface area is 60.2 Å². The van der Waals surface area contributed by atoms with Crippen molar-refractivity contribution in [2.75, 3.05) is 26.8 Å². The van der Waals surface area contributed by atoms with Gasteiger partial charge < -0.3 is 15.2 Å². The summed E-state index contributed by atoms with van der Waals surface area (Å²) in [6.07, 6.45) is 0.664. The first kappa shape index (κ1) is 9.39. The number of rotatable bonds is 5. The van der Waals surface area contributed by atoms with Crippen molar-refractivity contribution in [1.82, 2.24) is 5.32 Å². The van der Waals surface area contributed by atoms with E-state index in [9.17, 15) is 4.79 Å². The van der Waals surface area contributed by atoms with Crippen LogP contribution in [0.2, 0.25) is 0 Å². The minimum Gasteiger partial charge on any atom is -0.468 e. The minimum atomic E-state index is -0.280. The maximum Gasteiger partial charge on any atom is 0.319 e. The van der Waals surface area contributed by atoms with Gasteiger partial charge in [-0.1, -0.05) is 0 Å². The first-order valence-corrected chi connectivity index (χ1v) is 3.19. The predicted molar refractivity (Wildman–Crippen MR) is 36.6 cm³/mol. The summed E-state index contributed by atoms with van der Waals surface area (Å²) < 4.78 is 4.37. The van der Waals surface area contributed by atoms with Crippen LogP contribution in [0, 0.1) is 0 Å². The summed E-state index contributed by atoms with van der Waals surface area (Å²) >= 11 is 0. The first-order valence-electron chi connectivity index (χ1n) is 3.19. The van der Waals surface area contributed by atoms with Crippen LogP contribution in [-0.2, 0) is 9.53 Å². The second-order valence-corrected chi connectivity index (χ2v) is 1.83. The highest BCUT2D eigenvalue weighted by Gasteiger charge is 1.96. The fraction of sp³-hybridized carbons (Fsp3) is 0.833. The molecule has 0 radical (unpaired) electrons. The summed E-state index contributed by atoms with van der Waals surface area (Å²) in [5.41, 5.74) is 0. The lowest BCUT2D eigenvalue weighted by molar-refractivity contribution is -0.139. The molecule has 0 aliphatic carbocycles. The molecule has 0 heterocycles. The van der Waals surface area contributed by atoms with Gasteiger partial charge in [-0.3, -0.25) is 4.79 Å². The maximum atomic E-state index is 10.4. The number of methoxy groups -OCH3 is 1. The van der Waals surface area contributed by atoms with Crippen molar-refractivity contribution >= 4 is 5.97 Å². The third-order valence-corrected chi connectivity index (χ3v) is 1.01. The van der Waals surface area contributed by atoms with Gasteiger partial charge in [0.25, 0.3) is 0 Å². The van der Waals surface area contributed by atoms with Gasteiger partial charge in [0.05, 0.1) is 13.7 Å². The molecular formula is C6H13NO3. The molecule has 10 heavy (non-hydrogen) atoms. The molecular weight excluding hydrogens is 134 g/mol. The molecule has 0 amide bonds. The average Bonchev–Trinajstić information content (AvgIpc) is 1.98. The van der Waals surface area contributed by atoms with E-state index >= 15 is 0 Å². The largest absolute Gasteiger partial charge is 0.468 e. The number of aliphatic hydroxyl groups excluding tert-OH is 1. The van der Waals surface area contributed by atoms with Crippen LogP contribution < -0.4 is 5.32 Å². The Morgan fingerprint density at radius 3 is 2.90 bits per heavy atom. The quantitative estimate of drug-likeness (QED) is 0.392. The molecule has 4 heteroatoms. The van der Waals surface area contributed by atoms with Crippen LogP contribution in [0.1, 0.15) is 6.42 Å². The van der Waals surface area contributed by atoms with Gasteiger partial charge in [-0.15, -0.1) is 0 Å². The second-order valence-electron chi connectivity index (χ2n) is 1.83. The summed E-state index contributed by atoms with van der Waals surface area (Å²) in [4.78, 5) is 10.4. The molecule has 0 unspecified atom stereocenters. The third-order valence-electron chi connectivity index (χ3n) is 1.01. The topological polar surface area (TPSA) is 58.6 Å². The third kappa shape index (κ3) is 5.53. The van der Waals surface area contributed by atoms with E-state index in [-0.39, 0.29) is 19.1 Å². The lowest BCUT2D eigenvalue weighted by atomic mass is 10.4. The van der Waals surface area contributed by atoms with Crippen LogP contribution in [0.3, 0.4) is 0 Å². The van der Waals surface area contributed by atoms with Gasteiger partial charge in [0.2, 0.25) is 0 Å². The molecule has 0 saturated heterocycles. The van der Waals surface area contributed by atoms with Crippen LogP contribution in [0.4, 0.5) is 0 Å². The molecule has 0 aliphatic rings. The van der Waals surface area contributed by atoms with Crippen molar-refractivity contribution in [2.45, 2.75) is 6.42 Å². The summed E-state index contributed by atoms with van der Waals surface area (Å²) in [6.45, 7) is 1.01. The molecule has 0 bridgehead atoms. The Bertz CT molecular complexity index is 95.0. The summed E-state index contributed by atoms with van der Waals surface area (Å²) in [5, 5.41) is 11.1. The molecule has 0 rings (SSSR count). The van der Waals surface area contributed by atoms with Crippen LogP contribution in [0.15, 0.2) is 0 Å². The number of ether oxygens (including phenoxy) is 1. The Kier molecular flexibility index (Phi) is 6.11. The number of esters is 1. The molecule has 0 atom stereocenters. The van der Waals surface area contributed by atoms with Gasteiger partial charge in [-0.05, 0) is 13.0 Å². The van der Waals surface area contributed by atoms with Gasteiger partial charge in [0, 0.05) is 6.61 Å². The standard InChI is InChI=1S/C6H13NO3/c1-10-6(9)5-7-3-2-4-8/h7-8H,2-5H2,1H3. The molecule has 2 N–H and O–H groups in total. The highest BCUT2D eigenvalue weighted by Crippen LogP contribution is 1.73. The normalized spacial score (nSPS) is 9.40. The number of carbonyl (C=O) groups excluding carboxylic acids is 1. The second kappa shape index (κ2) is 6.51. The minimum absolute atomic E-state index is 0.147. The lowest BCUT2D eigenvalue weighted by Crippen LogP contribution is -2.25. The van der Waals surface area contributed by atoms with Crippen molar-refractivity contribution in [1.29, 1.82) is 0 Å². The predicted octanol–water partition coefficient (Wildman–Crippen LogP) is -0.869. The van der Waals surface area contributed by atoms with E-state index in [1.165, 1.54) is 7.11 Å². The Hall–Kier alpha value is -0.610. The maximum absolute atomic E-state index is 10.4. The van der Waals surface area contributed by atoms with Crippen LogP contribution in [-0.4, -0.2) is 37.9 Å². The van der Waals surface area contributed by atoms with Crippen LogP contribution in [0.5, 0.6) is 0 Å². The van der Waals surface area contributed by atoms with Crippen molar-refractivity contribution in [3.8, 4) is 0 Å². The molecule has 0 aromatic heterocycles. The Morgan fingerprint density at radius 1 is 1.70 bits per heavy atom. The highest BCUT2D eigenvalue weighted by molar-refractivity contribution is 5.71. The Morgan fingerprint density at radius 2 is 2.40 bits per heavy atom. The van der Waals surface area contributed by atoms with Gasteiger partial charge in [-0.25, -0.2) is 0 Å². The zero-order chi connectivity index (χ0) is 7.82. The van der Waals surface area contributed by atoms with Crippen molar-refractivity contribution in [2.24, 2.45) is 0 Å². The molecule has 0 fully saturated rings. The fourth-order valence-corrected chi connectivity index (χ4v) is 0.467. The number of aliphatic hydroxyl groups is 1. The van der Waals surface area contributed by atoms with Gasteiger partial charge in [0.15, 0.2) is 0 Å². The van der Waals surface area contributed by atoms with E-state index < -0.39 is 0 Å². The molecule has 4 nitrogen and oxygen atoms in total. The number of nitrogens with one attached hydrogen (secondary N) is 1. The summed E-state index contributed by atoms with van der Waals surface area (Å²) in [5.74, 6) is -0.280. The lowest BCUT2D eigenvalue weighted by Gasteiger charge is -2.00. The van der Waals surface area contributed by atoms with E-state index in [2.05, 4.69) is 10.1 Å². The number of hydrogen-bond donors (Lipinski definition) is 2. The highest BCUT2D eigenvalue weighted by atomic mass is 16.5. The molecule has 60 valence electrons. The van der Waals surface area contributed by atoms with Crippen molar-refractivity contribution in [3.05, 3.63) is 0 Å². The van der Waals surface area contributed by atoms with Crippen molar-refractivity contribution in [3.63, 3.8) is 0 Å². The first-order chi connectivity index (χ1) is 4.81. The van der Waals surface area contributed by atoms with Crippen LogP contribution in [0.25, 0.3) is 0 Å². The zero-order valence-electron chi connectivity index (χ0n) is 6.09. The van der Waals surface area contributed by atoms with E-state index in [0.29, 0.717) is 13.0 Å². The Balaban J connectivity index is 2.96. The molecule has 0 spiro atoms. The average molecular weight is 147 g/mol. The zero-order valence-corrected chi connectivity index (χ0v) is 6.09.